The molecule has 0 saturated carbocycles. The molecule has 0 spiro atoms. The highest BCUT2D eigenvalue weighted by molar-refractivity contribution is 6.31. The summed E-state index contributed by atoms with van der Waals surface area (Å²) in [6.45, 7) is 2.75. The Labute approximate surface area is 191 Å². The van der Waals surface area contributed by atoms with Crippen LogP contribution >= 0.6 is 23.2 Å². The van der Waals surface area contributed by atoms with Gasteiger partial charge in [-0.25, -0.2) is 0 Å². The summed E-state index contributed by atoms with van der Waals surface area (Å²) in [6, 6.07) is 21.6. The van der Waals surface area contributed by atoms with Crippen LogP contribution in [-0.4, -0.2) is 23.3 Å². The van der Waals surface area contributed by atoms with Crippen molar-refractivity contribution in [2.24, 2.45) is 0 Å². The molecule has 4 rings (SSSR count). The first kappa shape index (κ1) is 21.4. The Bertz CT molecular complexity index is 1110. The fraction of sp³-hybridized carbons (Fsp3) is 0.200. The number of nitrogens with zero attached hydrogens (tertiary/aromatic N) is 1. The quantitative estimate of drug-likeness (QED) is 0.528. The third-order valence-electron chi connectivity index (χ3n) is 5.63. The molecule has 4 nitrogen and oxygen atoms in total. The van der Waals surface area contributed by atoms with Crippen molar-refractivity contribution < 1.29 is 9.59 Å². The van der Waals surface area contributed by atoms with Crippen LogP contribution in [0, 0.1) is 0 Å². The second kappa shape index (κ2) is 9.13. The van der Waals surface area contributed by atoms with E-state index in [2.05, 4.69) is 5.32 Å². The van der Waals surface area contributed by atoms with Gasteiger partial charge in [0.25, 0.3) is 5.91 Å². The molecule has 1 heterocycles. The van der Waals surface area contributed by atoms with Crippen LogP contribution < -0.4 is 5.32 Å². The van der Waals surface area contributed by atoms with Gasteiger partial charge in [0.05, 0.1) is 0 Å². The summed E-state index contributed by atoms with van der Waals surface area (Å²) in [4.78, 5) is 28.1. The first-order valence-electron chi connectivity index (χ1n) is 10.1. The normalized spacial score (nSPS) is 16.2. The largest absolute Gasteiger partial charge is 0.350 e. The molecule has 1 aliphatic rings. The van der Waals surface area contributed by atoms with Gasteiger partial charge in [-0.1, -0.05) is 78.7 Å². The van der Waals surface area contributed by atoms with E-state index < -0.39 is 6.04 Å². The van der Waals surface area contributed by atoms with E-state index in [9.17, 15) is 9.59 Å². The maximum absolute atomic E-state index is 13.2. The predicted molar refractivity (Wildman–Crippen MR) is 123 cm³/mol. The van der Waals surface area contributed by atoms with Crippen molar-refractivity contribution in [1.29, 1.82) is 0 Å². The Morgan fingerprint density at radius 1 is 1.00 bits per heavy atom. The van der Waals surface area contributed by atoms with E-state index in [0.29, 0.717) is 28.7 Å². The van der Waals surface area contributed by atoms with Crippen LogP contribution in [0.3, 0.4) is 0 Å². The molecule has 0 bridgehead atoms. The fourth-order valence-corrected chi connectivity index (χ4v) is 4.28. The SMILES string of the molecule is CC(CN1C(=O)c2ccccc2C1C(=O)NCc1ccccc1Cl)c1ccc(Cl)cc1. The molecule has 2 atom stereocenters. The maximum atomic E-state index is 13.2. The van der Waals surface area contributed by atoms with Crippen molar-refractivity contribution in [3.05, 3.63) is 105 Å². The second-order valence-corrected chi connectivity index (χ2v) is 8.55. The average Bonchev–Trinajstić information content (AvgIpc) is 3.05. The lowest BCUT2D eigenvalue weighted by molar-refractivity contribution is -0.125. The zero-order valence-electron chi connectivity index (χ0n) is 17.0. The Balaban J connectivity index is 1.57. The molecule has 0 fully saturated rings. The molecular weight excluding hydrogens is 431 g/mol. The topological polar surface area (TPSA) is 49.4 Å². The Hall–Kier alpha value is -2.82. The monoisotopic (exact) mass is 452 g/mol. The van der Waals surface area contributed by atoms with Crippen LogP contribution in [0.2, 0.25) is 10.0 Å². The van der Waals surface area contributed by atoms with E-state index in [1.807, 2.05) is 67.6 Å². The highest BCUT2D eigenvalue weighted by Gasteiger charge is 2.41. The number of carbonyl (C=O) groups excluding carboxylic acids is 2. The van der Waals surface area contributed by atoms with Crippen molar-refractivity contribution in [3.63, 3.8) is 0 Å². The van der Waals surface area contributed by atoms with Gasteiger partial charge in [-0.2, -0.15) is 0 Å². The molecule has 3 aromatic carbocycles. The number of amides is 2. The predicted octanol–water partition coefficient (Wildman–Crippen LogP) is 5.61. The van der Waals surface area contributed by atoms with Gasteiger partial charge in [0.1, 0.15) is 6.04 Å². The Kier molecular flexibility index (Phi) is 6.30. The number of hydrogen-bond donors (Lipinski definition) is 1. The lowest BCUT2D eigenvalue weighted by Gasteiger charge is -2.28. The standard InChI is InChI=1S/C25H22Cl2N2O2/c1-16(17-10-12-19(26)13-11-17)15-29-23(20-7-3-4-8-21(20)25(29)31)24(30)28-14-18-6-2-5-9-22(18)27/h2-13,16,23H,14-15H2,1H3,(H,28,30). The summed E-state index contributed by atoms with van der Waals surface area (Å²) in [6.07, 6.45) is 0. The number of fused-ring (bicyclic) bond motifs is 1. The number of halogens is 2. The molecule has 0 aromatic heterocycles. The molecular formula is C25H22Cl2N2O2. The van der Waals surface area contributed by atoms with Gasteiger partial charge >= 0.3 is 0 Å². The summed E-state index contributed by atoms with van der Waals surface area (Å²) in [7, 11) is 0. The molecule has 0 saturated heterocycles. The maximum Gasteiger partial charge on any atom is 0.255 e. The molecule has 1 N–H and O–H groups in total. The number of nitrogens with one attached hydrogen (secondary N) is 1. The van der Waals surface area contributed by atoms with Gasteiger partial charge in [-0.3, -0.25) is 9.59 Å². The van der Waals surface area contributed by atoms with Crippen molar-refractivity contribution >= 4 is 35.0 Å². The minimum absolute atomic E-state index is 0.0365. The molecule has 3 aromatic rings. The molecule has 31 heavy (non-hydrogen) atoms. The molecule has 1 aliphatic heterocycles. The summed E-state index contributed by atoms with van der Waals surface area (Å²) in [5.74, 6) is -0.315. The van der Waals surface area contributed by atoms with Crippen LogP contribution in [0.15, 0.2) is 72.8 Å². The van der Waals surface area contributed by atoms with E-state index in [1.54, 1.807) is 17.0 Å². The Morgan fingerprint density at radius 3 is 2.42 bits per heavy atom. The molecule has 0 aliphatic carbocycles. The van der Waals surface area contributed by atoms with Gasteiger partial charge in [0.15, 0.2) is 0 Å². The number of rotatable bonds is 6. The smallest absolute Gasteiger partial charge is 0.255 e. The second-order valence-electron chi connectivity index (χ2n) is 7.71. The molecule has 6 heteroatoms. The zero-order chi connectivity index (χ0) is 22.0. The number of hydrogen-bond acceptors (Lipinski definition) is 2. The van der Waals surface area contributed by atoms with Crippen molar-refractivity contribution in [1.82, 2.24) is 10.2 Å². The number of benzene rings is 3. The lowest BCUT2D eigenvalue weighted by Crippen LogP contribution is -2.40. The summed E-state index contributed by atoms with van der Waals surface area (Å²) in [5, 5.41) is 4.22. The van der Waals surface area contributed by atoms with E-state index >= 15 is 0 Å². The van der Waals surface area contributed by atoms with E-state index in [1.165, 1.54) is 0 Å². The highest BCUT2D eigenvalue weighted by atomic mass is 35.5. The minimum atomic E-state index is -0.680. The molecule has 158 valence electrons. The van der Waals surface area contributed by atoms with Crippen LogP contribution in [0.4, 0.5) is 0 Å². The van der Waals surface area contributed by atoms with Gasteiger partial charge < -0.3 is 10.2 Å². The van der Waals surface area contributed by atoms with Crippen LogP contribution in [0.5, 0.6) is 0 Å². The van der Waals surface area contributed by atoms with Gasteiger partial charge in [0, 0.05) is 28.7 Å². The first-order chi connectivity index (χ1) is 15.0. The van der Waals surface area contributed by atoms with Gasteiger partial charge in [-0.05, 0) is 46.9 Å². The third kappa shape index (κ3) is 4.46. The number of carbonyl (C=O) groups is 2. The molecule has 2 amide bonds. The van der Waals surface area contributed by atoms with Crippen molar-refractivity contribution in [2.75, 3.05) is 6.54 Å². The molecule has 2 unspecified atom stereocenters. The average molecular weight is 453 g/mol. The van der Waals surface area contributed by atoms with Crippen molar-refractivity contribution in [2.45, 2.75) is 25.4 Å². The van der Waals surface area contributed by atoms with Crippen molar-refractivity contribution in [3.8, 4) is 0 Å². The third-order valence-corrected chi connectivity index (χ3v) is 6.25. The van der Waals surface area contributed by atoms with Gasteiger partial charge in [0.2, 0.25) is 5.91 Å². The Morgan fingerprint density at radius 2 is 1.68 bits per heavy atom. The highest BCUT2D eigenvalue weighted by Crippen LogP contribution is 2.35. The fourth-order valence-electron chi connectivity index (χ4n) is 3.95. The van der Waals surface area contributed by atoms with Crippen LogP contribution in [-0.2, 0) is 11.3 Å². The minimum Gasteiger partial charge on any atom is -0.350 e. The first-order valence-corrected chi connectivity index (χ1v) is 10.9. The van der Waals surface area contributed by atoms with E-state index in [0.717, 1.165) is 16.7 Å². The summed E-state index contributed by atoms with van der Waals surface area (Å²) in [5.41, 5.74) is 3.19. The lowest BCUT2D eigenvalue weighted by atomic mass is 9.99. The van der Waals surface area contributed by atoms with Crippen LogP contribution in [0.25, 0.3) is 0 Å². The summed E-state index contributed by atoms with van der Waals surface area (Å²) >= 11 is 12.2. The summed E-state index contributed by atoms with van der Waals surface area (Å²) < 4.78 is 0. The molecule has 0 radical (unpaired) electrons. The van der Waals surface area contributed by atoms with Crippen LogP contribution in [0.1, 0.15) is 45.9 Å². The van der Waals surface area contributed by atoms with E-state index in [4.69, 9.17) is 23.2 Å². The van der Waals surface area contributed by atoms with E-state index in [-0.39, 0.29) is 17.7 Å². The zero-order valence-corrected chi connectivity index (χ0v) is 18.5. The van der Waals surface area contributed by atoms with Gasteiger partial charge in [-0.15, -0.1) is 0 Å².